The highest BCUT2D eigenvalue weighted by atomic mass is 15.1. The van der Waals surface area contributed by atoms with Gasteiger partial charge in [0.1, 0.15) is 0 Å². The molecule has 2 aliphatic rings. The van der Waals surface area contributed by atoms with E-state index in [9.17, 15) is 0 Å². The Morgan fingerprint density at radius 3 is 1.63 bits per heavy atom. The van der Waals surface area contributed by atoms with Crippen LogP contribution < -0.4 is 4.90 Å². The zero-order valence-corrected chi connectivity index (χ0v) is 34.9. The van der Waals surface area contributed by atoms with Crippen LogP contribution in [0.2, 0.25) is 0 Å². The maximum absolute atomic E-state index is 2.59. The maximum Gasteiger partial charge on any atom is 0.0714 e. The standard InChI is InChI=1S/C59H49N/c1-57(2)35-36-58(3,4)56-48(32-20-34-52(56)57)50-38-49-46-30-18-19-33-51(46)59(41-22-8-5-9-23-41,42-24-10-6-11-25-42)53(49)39-55(50)60(43-26-12-7-13-27-43)54-37-40-21-14-15-28-44(40)45-29-16-17-31-47(45)54/h5-34,37-39H,35-36H2,1-4H3. The van der Waals surface area contributed by atoms with Crippen molar-refractivity contribution < 1.29 is 0 Å². The Hall–Kier alpha value is -6.70. The fraction of sp³-hybridized carbons (Fsp3) is 0.153. The van der Waals surface area contributed by atoms with Gasteiger partial charge < -0.3 is 4.90 Å². The van der Waals surface area contributed by atoms with E-state index < -0.39 is 5.41 Å². The minimum Gasteiger partial charge on any atom is -0.309 e. The smallest absolute Gasteiger partial charge is 0.0714 e. The SMILES string of the molecule is CC1(C)CCC(C)(C)c2c(-c3cc4c(cc3N(c3ccccc3)c3cc5ccccc5c5ccccc35)C(c3ccccc3)(c3ccccc3)c3ccccc3-4)cccc21. The molecule has 9 aromatic carbocycles. The summed E-state index contributed by atoms with van der Waals surface area (Å²) in [6.07, 6.45) is 2.30. The molecule has 0 saturated heterocycles. The van der Waals surface area contributed by atoms with Crippen LogP contribution in [0.1, 0.15) is 73.9 Å². The predicted octanol–water partition coefficient (Wildman–Crippen LogP) is 15.8. The summed E-state index contributed by atoms with van der Waals surface area (Å²) in [5.41, 5.74) is 16.2. The van der Waals surface area contributed by atoms with Crippen LogP contribution in [-0.2, 0) is 16.2 Å². The van der Waals surface area contributed by atoms with Gasteiger partial charge in [-0.2, -0.15) is 0 Å². The number of para-hydroxylation sites is 1. The van der Waals surface area contributed by atoms with Gasteiger partial charge in [0.15, 0.2) is 0 Å². The van der Waals surface area contributed by atoms with Crippen molar-refractivity contribution in [3.05, 3.63) is 234 Å². The van der Waals surface area contributed by atoms with Crippen LogP contribution in [-0.4, -0.2) is 0 Å². The summed E-state index contributed by atoms with van der Waals surface area (Å²) in [6, 6.07) is 75.2. The third kappa shape index (κ3) is 5.38. The lowest BCUT2D eigenvalue weighted by molar-refractivity contribution is 0.333. The Labute approximate surface area is 354 Å². The molecule has 0 radical (unpaired) electrons. The van der Waals surface area contributed by atoms with Gasteiger partial charge in [-0.3, -0.25) is 0 Å². The lowest BCUT2D eigenvalue weighted by Gasteiger charge is -2.43. The van der Waals surface area contributed by atoms with Crippen molar-refractivity contribution in [3.63, 3.8) is 0 Å². The van der Waals surface area contributed by atoms with E-state index >= 15 is 0 Å². The molecule has 0 amide bonds. The normalized spacial score (nSPS) is 15.6. The van der Waals surface area contributed by atoms with Crippen molar-refractivity contribution in [2.45, 2.75) is 56.8 Å². The molecule has 0 saturated carbocycles. The third-order valence-corrected chi connectivity index (χ3v) is 14.0. The molecule has 0 bridgehead atoms. The van der Waals surface area contributed by atoms with Gasteiger partial charge in [-0.15, -0.1) is 0 Å². The zero-order valence-electron chi connectivity index (χ0n) is 34.9. The number of nitrogens with zero attached hydrogens (tertiary/aromatic N) is 1. The molecule has 1 heteroatoms. The molecule has 60 heavy (non-hydrogen) atoms. The number of benzene rings is 9. The molecule has 0 fully saturated rings. The highest BCUT2D eigenvalue weighted by Crippen LogP contribution is 2.60. The van der Waals surface area contributed by atoms with E-state index in [1.54, 1.807) is 0 Å². The second kappa shape index (κ2) is 13.7. The molecular formula is C59H49N. The monoisotopic (exact) mass is 771 g/mol. The van der Waals surface area contributed by atoms with Gasteiger partial charge >= 0.3 is 0 Å². The number of hydrogen-bond donors (Lipinski definition) is 0. The molecule has 0 spiro atoms. The first-order valence-electron chi connectivity index (χ1n) is 21.6. The molecule has 11 rings (SSSR count). The second-order valence-corrected chi connectivity index (χ2v) is 18.3. The van der Waals surface area contributed by atoms with Crippen molar-refractivity contribution in [1.29, 1.82) is 0 Å². The highest BCUT2D eigenvalue weighted by molar-refractivity contribution is 6.15. The topological polar surface area (TPSA) is 3.24 Å². The molecule has 0 N–H and O–H groups in total. The van der Waals surface area contributed by atoms with Crippen LogP contribution in [0.4, 0.5) is 17.1 Å². The van der Waals surface area contributed by atoms with Crippen molar-refractivity contribution >= 4 is 38.6 Å². The summed E-state index contributed by atoms with van der Waals surface area (Å²) >= 11 is 0. The van der Waals surface area contributed by atoms with Crippen molar-refractivity contribution in [1.82, 2.24) is 0 Å². The molecular weight excluding hydrogens is 723 g/mol. The van der Waals surface area contributed by atoms with Gasteiger partial charge in [-0.25, -0.2) is 0 Å². The minimum atomic E-state index is -0.549. The Morgan fingerprint density at radius 2 is 0.917 bits per heavy atom. The summed E-state index contributed by atoms with van der Waals surface area (Å²) < 4.78 is 0. The quantitative estimate of drug-likeness (QED) is 0.152. The van der Waals surface area contributed by atoms with Crippen LogP contribution in [0.5, 0.6) is 0 Å². The lowest BCUT2D eigenvalue weighted by atomic mass is 9.61. The number of hydrogen-bond acceptors (Lipinski definition) is 1. The minimum absolute atomic E-state index is 0.0132. The van der Waals surface area contributed by atoms with Crippen molar-refractivity contribution in [2.75, 3.05) is 4.90 Å². The van der Waals surface area contributed by atoms with Gasteiger partial charge in [0.05, 0.1) is 16.8 Å². The highest BCUT2D eigenvalue weighted by Gasteiger charge is 2.47. The molecule has 1 nitrogen and oxygen atoms in total. The van der Waals surface area contributed by atoms with Gasteiger partial charge in [0, 0.05) is 16.6 Å². The van der Waals surface area contributed by atoms with E-state index in [1.165, 1.54) is 88.6 Å². The van der Waals surface area contributed by atoms with E-state index in [0.717, 1.165) is 18.5 Å². The van der Waals surface area contributed by atoms with Crippen LogP contribution in [0.3, 0.4) is 0 Å². The average molecular weight is 772 g/mol. The number of fused-ring (bicyclic) bond motifs is 7. The first-order chi connectivity index (χ1) is 29.3. The molecule has 0 unspecified atom stereocenters. The van der Waals surface area contributed by atoms with E-state index in [4.69, 9.17) is 0 Å². The molecule has 0 atom stereocenters. The summed E-state index contributed by atoms with van der Waals surface area (Å²) in [5, 5.41) is 4.97. The van der Waals surface area contributed by atoms with Gasteiger partial charge in [0.2, 0.25) is 0 Å². The second-order valence-electron chi connectivity index (χ2n) is 18.3. The average Bonchev–Trinajstić information content (AvgIpc) is 3.58. The van der Waals surface area contributed by atoms with E-state index in [1.807, 2.05) is 0 Å². The van der Waals surface area contributed by atoms with Crippen molar-refractivity contribution in [2.24, 2.45) is 0 Å². The summed E-state index contributed by atoms with van der Waals surface area (Å²) in [4.78, 5) is 2.58. The Morgan fingerprint density at radius 1 is 0.367 bits per heavy atom. The summed E-state index contributed by atoms with van der Waals surface area (Å²) in [5.74, 6) is 0. The van der Waals surface area contributed by atoms with Crippen LogP contribution in [0.15, 0.2) is 200 Å². The Balaban J connectivity index is 1.34. The van der Waals surface area contributed by atoms with Crippen LogP contribution in [0.25, 0.3) is 43.8 Å². The van der Waals surface area contributed by atoms with Gasteiger partial charge in [-0.05, 0) is 120 Å². The predicted molar refractivity (Wildman–Crippen MR) is 254 cm³/mol. The molecule has 0 heterocycles. The number of anilines is 3. The van der Waals surface area contributed by atoms with Gasteiger partial charge in [0.25, 0.3) is 0 Å². The fourth-order valence-electron chi connectivity index (χ4n) is 11.0. The Bertz CT molecular complexity index is 3040. The van der Waals surface area contributed by atoms with Crippen molar-refractivity contribution in [3.8, 4) is 22.3 Å². The molecule has 290 valence electrons. The van der Waals surface area contributed by atoms with E-state index in [0.29, 0.717) is 0 Å². The first-order valence-corrected chi connectivity index (χ1v) is 21.6. The van der Waals surface area contributed by atoms with Crippen LogP contribution in [0, 0.1) is 0 Å². The summed E-state index contributed by atoms with van der Waals surface area (Å²) in [7, 11) is 0. The maximum atomic E-state index is 2.59. The van der Waals surface area contributed by atoms with Crippen LogP contribution >= 0.6 is 0 Å². The molecule has 2 aliphatic carbocycles. The third-order valence-electron chi connectivity index (χ3n) is 14.0. The first kappa shape index (κ1) is 36.4. The lowest BCUT2D eigenvalue weighted by Crippen LogP contribution is -2.34. The van der Waals surface area contributed by atoms with E-state index in [-0.39, 0.29) is 10.8 Å². The summed E-state index contributed by atoms with van der Waals surface area (Å²) in [6.45, 7) is 9.82. The molecule has 0 aromatic heterocycles. The molecule has 9 aromatic rings. The fourth-order valence-corrected chi connectivity index (χ4v) is 11.0. The zero-order chi connectivity index (χ0) is 40.6. The Kier molecular flexibility index (Phi) is 8.30. The largest absolute Gasteiger partial charge is 0.309 e. The van der Waals surface area contributed by atoms with E-state index in [2.05, 4.69) is 233 Å². The number of rotatable bonds is 6. The van der Waals surface area contributed by atoms with Gasteiger partial charge in [-0.1, -0.05) is 198 Å². The molecule has 0 aliphatic heterocycles.